The maximum absolute atomic E-state index is 13.2. The Morgan fingerprint density at radius 1 is 1.21 bits per heavy atom. The second-order valence-electron chi connectivity index (χ2n) is 8.24. The van der Waals surface area contributed by atoms with Gasteiger partial charge in [-0.05, 0) is 31.0 Å². The molecule has 3 amide bonds. The Bertz CT molecular complexity index is 1290. The molecule has 10 nitrogen and oxygen atoms in total. The quantitative estimate of drug-likeness (QED) is 0.558. The molecular weight excluding hydrogens is 422 g/mol. The van der Waals surface area contributed by atoms with E-state index in [4.69, 9.17) is 0 Å². The van der Waals surface area contributed by atoms with Crippen LogP contribution in [0.15, 0.2) is 55.1 Å². The van der Waals surface area contributed by atoms with Gasteiger partial charge in [-0.3, -0.25) is 28.6 Å². The van der Waals surface area contributed by atoms with E-state index in [1.807, 2.05) is 25.5 Å². The number of carbonyl (C=O) groups is 3. The highest BCUT2D eigenvalue weighted by atomic mass is 16.2. The van der Waals surface area contributed by atoms with Crippen molar-refractivity contribution in [3.8, 4) is 0 Å². The topological polar surface area (TPSA) is 114 Å². The van der Waals surface area contributed by atoms with Gasteiger partial charge in [0.1, 0.15) is 6.04 Å². The van der Waals surface area contributed by atoms with E-state index in [-0.39, 0.29) is 5.91 Å². The second-order valence-corrected chi connectivity index (χ2v) is 8.24. The second kappa shape index (κ2) is 8.05. The lowest BCUT2D eigenvalue weighted by Gasteiger charge is -2.29. The zero-order valence-corrected chi connectivity index (χ0v) is 18.1. The molecule has 1 saturated heterocycles. The number of hydrogen-bond donors (Lipinski definition) is 2. The minimum atomic E-state index is -0.833. The lowest BCUT2D eigenvalue weighted by Crippen LogP contribution is -2.51. The highest BCUT2D eigenvalue weighted by molar-refractivity contribution is 6.25. The summed E-state index contributed by atoms with van der Waals surface area (Å²) in [5.41, 5.74) is 3.56. The van der Waals surface area contributed by atoms with Gasteiger partial charge in [-0.2, -0.15) is 10.2 Å². The van der Waals surface area contributed by atoms with Crippen LogP contribution in [-0.4, -0.2) is 48.2 Å². The van der Waals surface area contributed by atoms with Crippen LogP contribution in [0.2, 0.25) is 0 Å². The lowest BCUT2D eigenvalue weighted by molar-refractivity contribution is -0.125. The summed E-state index contributed by atoms with van der Waals surface area (Å²) in [6.07, 6.45) is 6.43. The Kier molecular flexibility index (Phi) is 5.04. The molecule has 168 valence electrons. The Balaban J connectivity index is 1.31. The third kappa shape index (κ3) is 3.79. The molecule has 0 bridgehead atoms. The van der Waals surface area contributed by atoms with Gasteiger partial charge in [0.05, 0.1) is 29.6 Å². The van der Waals surface area contributed by atoms with Crippen LogP contribution in [0.5, 0.6) is 0 Å². The molecule has 5 rings (SSSR count). The number of fused-ring (bicyclic) bond motifs is 1. The zero-order valence-electron chi connectivity index (χ0n) is 18.1. The Labute approximate surface area is 189 Å². The van der Waals surface area contributed by atoms with Crippen molar-refractivity contribution < 1.29 is 14.4 Å². The van der Waals surface area contributed by atoms with Crippen molar-refractivity contribution in [2.24, 2.45) is 7.05 Å². The fraction of sp³-hybridized carbons (Fsp3) is 0.261. The van der Waals surface area contributed by atoms with Crippen molar-refractivity contribution >= 4 is 23.4 Å². The maximum Gasteiger partial charge on any atom is 0.264 e. The van der Waals surface area contributed by atoms with E-state index in [9.17, 15) is 14.4 Å². The van der Waals surface area contributed by atoms with Crippen LogP contribution in [0.4, 0.5) is 5.69 Å². The largest absolute Gasteiger partial charge is 0.380 e. The summed E-state index contributed by atoms with van der Waals surface area (Å²) in [5.74, 6) is -1.29. The van der Waals surface area contributed by atoms with Gasteiger partial charge in [0.2, 0.25) is 5.91 Å². The van der Waals surface area contributed by atoms with Gasteiger partial charge in [-0.1, -0.05) is 12.6 Å². The SMILES string of the molecule is C=C1CCC(N2C(=O)c3cccc(NCc4cnn(Cc5ccn(C)n5)c4)c3C2=O)C(=O)N1. The third-order valence-electron chi connectivity index (χ3n) is 5.84. The highest BCUT2D eigenvalue weighted by Gasteiger charge is 2.44. The number of aryl methyl sites for hydroxylation is 1. The number of nitrogens with zero attached hydrogens (tertiary/aromatic N) is 5. The number of anilines is 1. The summed E-state index contributed by atoms with van der Waals surface area (Å²) in [6.45, 7) is 4.73. The molecule has 10 heteroatoms. The summed E-state index contributed by atoms with van der Waals surface area (Å²) in [6, 6.07) is 6.20. The number of piperidine rings is 1. The monoisotopic (exact) mass is 445 g/mol. The normalized spacial score (nSPS) is 18.0. The maximum atomic E-state index is 13.2. The summed E-state index contributed by atoms with van der Waals surface area (Å²) in [5, 5.41) is 14.6. The summed E-state index contributed by atoms with van der Waals surface area (Å²) in [7, 11) is 1.87. The van der Waals surface area contributed by atoms with Crippen LogP contribution >= 0.6 is 0 Å². The predicted molar refractivity (Wildman–Crippen MR) is 119 cm³/mol. The molecule has 33 heavy (non-hydrogen) atoms. The lowest BCUT2D eigenvalue weighted by atomic mass is 10.0. The van der Waals surface area contributed by atoms with Crippen LogP contribution in [0, 0.1) is 0 Å². The van der Waals surface area contributed by atoms with Crippen LogP contribution in [0.3, 0.4) is 0 Å². The fourth-order valence-corrected chi connectivity index (χ4v) is 4.24. The molecule has 1 atom stereocenters. The first-order chi connectivity index (χ1) is 15.9. The average molecular weight is 445 g/mol. The van der Waals surface area contributed by atoms with Crippen molar-refractivity contribution in [1.29, 1.82) is 0 Å². The molecule has 3 aromatic rings. The number of allylic oxidation sites excluding steroid dienone is 1. The molecule has 2 aromatic heterocycles. The molecule has 4 heterocycles. The van der Waals surface area contributed by atoms with E-state index >= 15 is 0 Å². The average Bonchev–Trinajstić information content (AvgIpc) is 3.47. The van der Waals surface area contributed by atoms with Gasteiger partial charge in [0.15, 0.2) is 0 Å². The van der Waals surface area contributed by atoms with E-state index in [1.54, 1.807) is 33.8 Å². The van der Waals surface area contributed by atoms with E-state index < -0.39 is 17.9 Å². The molecule has 0 spiro atoms. The number of aromatic nitrogens is 4. The zero-order chi connectivity index (χ0) is 23.1. The Hall–Kier alpha value is -4.21. The van der Waals surface area contributed by atoms with Gasteiger partial charge in [-0.25, -0.2) is 0 Å². The van der Waals surface area contributed by atoms with E-state index in [2.05, 4.69) is 27.4 Å². The van der Waals surface area contributed by atoms with E-state index in [0.29, 0.717) is 48.4 Å². The van der Waals surface area contributed by atoms with Crippen molar-refractivity contribution in [1.82, 2.24) is 29.8 Å². The van der Waals surface area contributed by atoms with Crippen molar-refractivity contribution in [2.45, 2.75) is 32.0 Å². The van der Waals surface area contributed by atoms with Gasteiger partial charge in [0, 0.05) is 42.9 Å². The molecule has 2 aliphatic heterocycles. The minimum Gasteiger partial charge on any atom is -0.380 e. The number of benzene rings is 1. The number of nitrogens with one attached hydrogen (secondary N) is 2. The molecule has 2 N–H and O–H groups in total. The fourth-order valence-electron chi connectivity index (χ4n) is 4.24. The van der Waals surface area contributed by atoms with E-state index in [0.717, 1.165) is 16.2 Å². The van der Waals surface area contributed by atoms with Gasteiger partial charge < -0.3 is 10.6 Å². The van der Waals surface area contributed by atoms with E-state index in [1.165, 1.54) is 0 Å². The molecule has 2 aliphatic rings. The van der Waals surface area contributed by atoms with Gasteiger partial charge in [-0.15, -0.1) is 0 Å². The number of hydrogen-bond acceptors (Lipinski definition) is 6. The number of imide groups is 1. The van der Waals surface area contributed by atoms with Gasteiger partial charge in [0.25, 0.3) is 11.8 Å². The predicted octanol–water partition coefficient (Wildman–Crippen LogP) is 1.67. The van der Waals surface area contributed by atoms with Crippen molar-refractivity contribution in [3.05, 3.63) is 77.5 Å². The Morgan fingerprint density at radius 2 is 2.06 bits per heavy atom. The molecule has 0 aliphatic carbocycles. The van der Waals surface area contributed by atoms with Crippen molar-refractivity contribution in [2.75, 3.05) is 5.32 Å². The first-order valence-electron chi connectivity index (χ1n) is 10.6. The van der Waals surface area contributed by atoms with Crippen LogP contribution in [-0.2, 0) is 24.9 Å². The minimum absolute atomic E-state index is 0.292. The number of rotatable bonds is 6. The first kappa shape index (κ1) is 20.7. The first-order valence-corrected chi connectivity index (χ1v) is 10.6. The standard InChI is InChI=1S/C23H23N7O3/c1-14-6-7-19(21(31)26-14)30-22(32)17-4-3-5-18(20(17)23(30)33)24-10-15-11-25-29(12-15)13-16-8-9-28(2)27-16/h3-5,8-9,11-12,19,24H,1,6-7,10,13H2,2H3,(H,26,31). The van der Waals surface area contributed by atoms with Crippen LogP contribution < -0.4 is 10.6 Å². The molecule has 1 unspecified atom stereocenters. The number of amides is 3. The highest BCUT2D eigenvalue weighted by Crippen LogP contribution is 2.33. The number of carbonyl (C=O) groups excluding carboxylic acids is 3. The molecular formula is C23H23N7O3. The molecule has 1 aromatic carbocycles. The van der Waals surface area contributed by atoms with Crippen LogP contribution in [0.1, 0.15) is 44.8 Å². The smallest absolute Gasteiger partial charge is 0.264 e. The van der Waals surface area contributed by atoms with Crippen molar-refractivity contribution in [3.63, 3.8) is 0 Å². The molecule has 1 fully saturated rings. The van der Waals surface area contributed by atoms with Crippen LogP contribution in [0.25, 0.3) is 0 Å². The molecule has 0 saturated carbocycles. The summed E-state index contributed by atoms with van der Waals surface area (Å²) < 4.78 is 3.53. The summed E-state index contributed by atoms with van der Waals surface area (Å²) >= 11 is 0. The van der Waals surface area contributed by atoms with Gasteiger partial charge >= 0.3 is 0 Å². The summed E-state index contributed by atoms with van der Waals surface area (Å²) in [4.78, 5) is 39.7. The Morgan fingerprint density at radius 3 is 2.82 bits per heavy atom. The molecule has 0 radical (unpaired) electrons. The third-order valence-corrected chi connectivity index (χ3v) is 5.84.